The van der Waals surface area contributed by atoms with E-state index in [1.54, 1.807) is 24.0 Å². The van der Waals surface area contributed by atoms with Crippen molar-refractivity contribution in [2.24, 2.45) is 11.7 Å². The molecule has 228 valence electrons. The first-order valence-corrected chi connectivity index (χ1v) is 14.2. The van der Waals surface area contributed by atoms with Crippen molar-refractivity contribution in [2.45, 2.75) is 78.6 Å². The minimum atomic E-state index is -4.71. The monoisotopic (exact) mass is 581 g/mol. The summed E-state index contributed by atoms with van der Waals surface area (Å²) in [5.74, 6) is -1.49. The highest BCUT2D eigenvalue weighted by atomic mass is 19.4. The van der Waals surface area contributed by atoms with Crippen LogP contribution >= 0.6 is 0 Å². The normalized spacial score (nSPS) is 13.2. The van der Waals surface area contributed by atoms with Crippen LogP contribution in [0.15, 0.2) is 36.4 Å². The maximum atomic E-state index is 14.0. The van der Waals surface area contributed by atoms with Gasteiger partial charge in [-0.05, 0) is 92.6 Å². The molecule has 0 radical (unpaired) electrons. The Hall–Kier alpha value is -2.98. The molecule has 3 N–H and O–H groups in total. The Bertz CT molecular complexity index is 1150. The molecule has 41 heavy (non-hydrogen) atoms. The van der Waals surface area contributed by atoms with Gasteiger partial charge >= 0.3 is 12.1 Å². The Morgan fingerprint density at radius 1 is 1.00 bits per heavy atom. The lowest BCUT2D eigenvalue weighted by Gasteiger charge is -2.26. The predicted octanol–water partition coefficient (Wildman–Crippen LogP) is 6.15. The van der Waals surface area contributed by atoms with Crippen molar-refractivity contribution < 1.29 is 31.9 Å². The number of amides is 1. The fourth-order valence-electron chi connectivity index (χ4n) is 4.52. The number of nitrogens with one attached hydrogen (secondary N) is 1. The van der Waals surface area contributed by atoms with Crippen LogP contribution in [-0.4, -0.2) is 55.1 Å². The van der Waals surface area contributed by atoms with Crippen LogP contribution in [0.1, 0.15) is 84.4 Å². The average molecular weight is 582 g/mol. The van der Waals surface area contributed by atoms with Gasteiger partial charge in [0.15, 0.2) is 0 Å². The molecule has 6 nitrogen and oxygen atoms in total. The summed E-state index contributed by atoms with van der Waals surface area (Å²) in [6.45, 7) is 11.8. The van der Waals surface area contributed by atoms with Crippen LogP contribution in [0.25, 0.3) is 0 Å². The van der Waals surface area contributed by atoms with Gasteiger partial charge in [-0.25, -0.2) is 9.18 Å². The Morgan fingerprint density at radius 2 is 1.63 bits per heavy atom. The molecule has 0 saturated heterocycles. The highest BCUT2D eigenvalue weighted by Gasteiger charge is 2.32. The van der Waals surface area contributed by atoms with Gasteiger partial charge in [-0.1, -0.05) is 27.7 Å². The van der Waals surface area contributed by atoms with E-state index in [0.717, 1.165) is 31.4 Å². The van der Waals surface area contributed by atoms with Crippen molar-refractivity contribution in [3.05, 3.63) is 70.0 Å². The number of halogens is 4. The SMILES string of the molecule is CCCN(CCC)C(=O)c1cc(C)cc(C(=O)O[C@H](CNCCC(C)C)[C@@H](N)Cc2cc(F)cc(C(F)(F)F)c2)c1. The quantitative estimate of drug-likeness (QED) is 0.150. The molecule has 0 fully saturated rings. The molecule has 0 heterocycles. The number of aryl methyl sites for hydroxylation is 1. The molecule has 0 aromatic heterocycles. The predicted molar refractivity (Wildman–Crippen MR) is 152 cm³/mol. The lowest BCUT2D eigenvalue weighted by molar-refractivity contribution is -0.137. The number of nitrogens with two attached hydrogens (primary N) is 1. The second kappa shape index (κ2) is 15.9. The number of alkyl halides is 3. The molecule has 0 aliphatic heterocycles. The summed E-state index contributed by atoms with van der Waals surface area (Å²) < 4.78 is 59.5. The number of hydrogen-bond donors (Lipinski definition) is 2. The number of ether oxygens (including phenoxy) is 1. The highest BCUT2D eigenvalue weighted by molar-refractivity contribution is 5.98. The van der Waals surface area contributed by atoms with Crippen LogP contribution in [0.2, 0.25) is 0 Å². The van der Waals surface area contributed by atoms with E-state index in [-0.39, 0.29) is 30.0 Å². The first-order chi connectivity index (χ1) is 19.2. The Labute approximate surface area is 240 Å². The highest BCUT2D eigenvalue weighted by Crippen LogP contribution is 2.30. The second-order valence-electron chi connectivity index (χ2n) is 10.9. The minimum Gasteiger partial charge on any atom is -0.456 e. The standard InChI is InChI=1S/C31H43F4N3O3/c1-6-10-38(11-7-2)29(39)23-12-21(5)13-24(17-23)30(40)41-28(19-37-9-8-20(3)4)27(36)16-22-14-25(31(33,34)35)18-26(32)15-22/h12-15,17-18,20,27-28,37H,6-11,16,19,36H2,1-5H3/t27-,28+/m0/s1. The van der Waals surface area contributed by atoms with Crippen molar-refractivity contribution in [1.82, 2.24) is 10.2 Å². The second-order valence-corrected chi connectivity index (χ2v) is 10.9. The van der Waals surface area contributed by atoms with E-state index in [0.29, 0.717) is 42.7 Å². The number of hydrogen-bond acceptors (Lipinski definition) is 5. The molecule has 2 aromatic rings. The van der Waals surface area contributed by atoms with Crippen LogP contribution in [-0.2, 0) is 17.3 Å². The van der Waals surface area contributed by atoms with Crippen molar-refractivity contribution in [3.63, 3.8) is 0 Å². The van der Waals surface area contributed by atoms with Crippen LogP contribution in [0, 0.1) is 18.7 Å². The summed E-state index contributed by atoms with van der Waals surface area (Å²) in [6, 6.07) is 6.17. The molecule has 2 aromatic carbocycles. The molecule has 10 heteroatoms. The summed E-state index contributed by atoms with van der Waals surface area (Å²) in [5.41, 5.74) is 6.54. The third kappa shape index (κ3) is 11.1. The summed E-state index contributed by atoms with van der Waals surface area (Å²) in [6.07, 6.45) is -3.34. The van der Waals surface area contributed by atoms with Crippen LogP contribution in [0.4, 0.5) is 17.6 Å². The molecule has 0 bridgehead atoms. The van der Waals surface area contributed by atoms with Crippen molar-refractivity contribution in [2.75, 3.05) is 26.2 Å². The molecular formula is C31H43F4N3O3. The lowest BCUT2D eigenvalue weighted by Crippen LogP contribution is -2.46. The minimum absolute atomic E-state index is 0.0448. The largest absolute Gasteiger partial charge is 0.456 e. The molecule has 2 atom stereocenters. The fraction of sp³-hybridized carbons (Fsp3) is 0.548. The van der Waals surface area contributed by atoms with Gasteiger partial charge in [-0.2, -0.15) is 13.2 Å². The maximum absolute atomic E-state index is 14.0. The Kier molecular flexibility index (Phi) is 13.2. The van der Waals surface area contributed by atoms with Gasteiger partial charge in [0.25, 0.3) is 5.91 Å². The van der Waals surface area contributed by atoms with Crippen molar-refractivity contribution >= 4 is 11.9 Å². The van der Waals surface area contributed by atoms with Gasteiger partial charge in [0, 0.05) is 31.2 Å². The van der Waals surface area contributed by atoms with Crippen LogP contribution < -0.4 is 11.1 Å². The van der Waals surface area contributed by atoms with E-state index in [9.17, 15) is 27.2 Å². The first-order valence-electron chi connectivity index (χ1n) is 14.2. The van der Waals surface area contributed by atoms with Crippen LogP contribution in [0.5, 0.6) is 0 Å². The van der Waals surface area contributed by atoms with E-state index in [1.165, 1.54) is 6.07 Å². The number of esters is 1. The van der Waals surface area contributed by atoms with Gasteiger partial charge in [0.2, 0.25) is 0 Å². The Morgan fingerprint density at radius 3 is 2.22 bits per heavy atom. The summed E-state index contributed by atoms with van der Waals surface area (Å²) >= 11 is 0. The zero-order valence-electron chi connectivity index (χ0n) is 24.6. The van der Waals surface area contributed by atoms with E-state index in [2.05, 4.69) is 19.2 Å². The van der Waals surface area contributed by atoms with E-state index in [4.69, 9.17) is 10.5 Å². The number of benzene rings is 2. The maximum Gasteiger partial charge on any atom is 0.416 e. The van der Waals surface area contributed by atoms with Crippen molar-refractivity contribution in [3.8, 4) is 0 Å². The number of nitrogens with zero attached hydrogens (tertiary/aromatic N) is 1. The van der Waals surface area contributed by atoms with Crippen LogP contribution in [0.3, 0.4) is 0 Å². The Balaban J connectivity index is 2.30. The summed E-state index contributed by atoms with van der Waals surface area (Å²) in [7, 11) is 0. The van der Waals surface area contributed by atoms with E-state index >= 15 is 0 Å². The average Bonchev–Trinajstić information content (AvgIpc) is 2.88. The molecule has 0 aliphatic carbocycles. The molecule has 0 saturated carbocycles. The van der Waals surface area contributed by atoms with Gasteiger partial charge in [-0.3, -0.25) is 4.79 Å². The summed E-state index contributed by atoms with van der Waals surface area (Å²) in [5, 5.41) is 3.20. The molecule has 0 spiro atoms. The molecule has 0 unspecified atom stereocenters. The summed E-state index contributed by atoms with van der Waals surface area (Å²) in [4.78, 5) is 28.2. The number of rotatable bonds is 15. The van der Waals surface area contributed by atoms with Gasteiger partial charge in [-0.15, -0.1) is 0 Å². The third-order valence-corrected chi connectivity index (χ3v) is 6.57. The fourth-order valence-corrected chi connectivity index (χ4v) is 4.52. The number of carbonyl (C=O) groups is 2. The van der Waals surface area contributed by atoms with Gasteiger partial charge in [0.05, 0.1) is 11.1 Å². The smallest absolute Gasteiger partial charge is 0.416 e. The molecular weight excluding hydrogens is 538 g/mol. The third-order valence-electron chi connectivity index (χ3n) is 6.57. The zero-order valence-corrected chi connectivity index (χ0v) is 24.6. The number of carbonyl (C=O) groups excluding carboxylic acids is 2. The van der Waals surface area contributed by atoms with E-state index in [1.807, 2.05) is 13.8 Å². The molecule has 0 aliphatic rings. The first kappa shape index (κ1) is 34.2. The lowest BCUT2D eigenvalue weighted by atomic mass is 9.99. The van der Waals surface area contributed by atoms with Crippen molar-refractivity contribution in [1.29, 1.82) is 0 Å². The zero-order chi connectivity index (χ0) is 30.7. The van der Waals surface area contributed by atoms with E-state index < -0.39 is 35.7 Å². The molecule has 2 rings (SSSR count). The topological polar surface area (TPSA) is 84.7 Å². The van der Waals surface area contributed by atoms with Gasteiger partial charge in [0.1, 0.15) is 11.9 Å². The van der Waals surface area contributed by atoms with Gasteiger partial charge < -0.3 is 20.7 Å². The molecule has 1 amide bonds.